The maximum Gasteiger partial charge on any atom is 0.0836 e. The summed E-state index contributed by atoms with van der Waals surface area (Å²) in [5, 5.41) is 10.6. The molecule has 2 rings (SSSR count). The predicted octanol–water partition coefficient (Wildman–Crippen LogP) is 4.09. The van der Waals surface area contributed by atoms with Gasteiger partial charge in [-0.1, -0.05) is 24.6 Å². The molecule has 17 heavy (non-hydrogen) atoms. The van der Waals surface area contributed by atoms with E-state index in [1.807, 2.05) is 6.92 Å². The van der Waals surface area contributed by atoms with E-state index in [-0.39, 0.29) is 0 Å². The largest absolute Gasteiger partial charge is 0.386 e. The van der Waals surface area contributed by atoms with Crippen molar-refractivity contribution >= 4 is 0 Å². The van der Waals surface area contributed by atoms with Gasteiger partial charge in [-0.05, 0) is 69.8 Å². The minimum atomic E-state index is -0.557. The standard InChI is InChI=1S/C16H26O/c1-10(2)13-7-6-11(3)15-14(8-13)12(4)9-16(15,5)17/h12-14,17H,1,6-9H2,2-5H3/t12-,13+,14-,16?/m0/s1. The third kappa shape index (κ3) is 2.22. The van der Waals surface area contributed by atoms with Gasteiger partial charge in [0.25, 0.3) is 0 Å². The van der Waals surface area contributed by atoms with E-state index < -0.39 is 5.60 Å². The molecule has 1 heteroatoms. The molecule has 0 aromatic rings. The topological polar surface area (TPSA) is 20.2 Å². The Morgan fingerprint density at radius 3 is 2.71 bits per heavy atom. The Balaban J connectivity index is 2.35. The van der Waals surface area contributed by atoms with Crippen molar-refractivity contribution in [2.45, 2.75) is 59.0 Å². The van der Waals surface area contributed by atoms with Crippen LogP contribution in [0.15, 0.2) is 23.3 Å². The second-order valence-corrected chi connectivity index (χ2v) is 6.57. The van der Waals surface area contributed by atoms with Crippen molar-refractivity contribution in [3.8, 4) is 0 Å². The van der Waals surface area contributed by atoms with Crippen LogP contribution in [0.2, 0.25) is 0 Å². The Bertz CT molecular complexity index is 362. The van der Waals surface area contributed by atoms with Crippen LogP contribution in [0, 0.1) is 17.8 Å². The van der Waals surface area contributed by atoms with E-state index in [1.165, 1.54) is 29.6 Å². The highest BCUT2D eigenvalue weighted by atomic mass is 16.3. The summed E-state index contributed by atoms with van der Waals surface area (Å²) in [6.45, 7) is 12.8. The molecule has 1 nitrogen and oxygen atoms in total. The summed E-state index contributed by atoms with van der Waals surface area (Å²) in [4.78, 5) is 0. The number of allylic oxidation sites excluding steroid dienone is 2. The lowest BCUT2D eigenvalue weighted by molar-refractivity contribution is 0.0981. The number of aliphatic hydroxyl groups is 1. The molecule has 2 aliphatic carbocycles. The zero-order valence-electron chi connectivity index (χ0n) is 11.7. The minimum absolute atomic E-state index is 0.557. The molecule has 0 heterocycles. The van der Waals surface area contributed by atoms with Crippen LogP contribution in [0.1, 0.15) is 53.4 Å². The van der Waals surface area contributed by atoms with E-state index in [2.05, 4.69) is 27.4 Å². The predicted molar refractivity (Wildman–Crippen MR) is 72.7 cm³/mol. The van der Waals surface area contributed by atoms with Crippen LogP contribution in [0.5, 0.6) is 0 Å². The Morgan fingerprint density at radius 2 is 2.12 bits per heavy atom. The molecule has 1 saturated carbocycles. The summed E-state index contributed by atoms with van der Waals surface area (Å²) >= 11 is 0. The van der Waals surface area contributed by atoms with Crippen molar-refractivity contribution < 1.29 is 5.11 Å². The maximum atomic E-state index is 10.6. The normalized spacial score (nSPS) is 42.3. The first kappa shape index (κ1) is 12.9. The molecule has 2 aliphatic rings. The van der Waals surface area contributed by atoms with Crippen molar-refractivity contribution in [1.82, 2.24) is 0 Å². The van der Waals surface area contributed by atoms with Crippen molar-refractivity contribution in [2.75, 3.05) is 0 Å². The molecule has 0 amide bonds. The summed E-state index contributed by atoms with van der Waals surface area (Å²) < 4.78 is 0. The van der Waals surface area contributed by atoms with Crippen LogP contribution in [0.25, 0.3) is 0 Å². The SMILES string of the molecule is C=C(C)[C@@H]1CCC(C)=C2[C@@H](C1)[C@@H](C)CC2(C)O. The van der Waals surface area contributed by atoms with Crippen LogP contribution in [-0.2, 0) is 0 Å². The molecule has 0 aromatic heterocycles. The molecule has 0 saturated heterocycles. The van der Waals surface area contributed by atoms with E-state index in [0.29, 0.717) is 17.8 Å². The third-order valence-corrected chi connectivity index (χ3v) is 4.92. The van der Waals surface area contributed by atoms with E-state index in [4.69, 9.17) is 0 Å². The fourth-order valence-corrected chi connectivity index (χ4v) is 4.09. The van der Waals surface area contributed by atoms with Gasteiger partial charge in [-0.2, -0.15) is 0 Å². The van der Waals surface area contributed by atoms with Gasteiger partial charge >= 0.3 is 0 Å². The summed E-state index contributed by atoms with van der Waals surface area (Å²) in [5.74, 6) is 1.83. The van der Waals surface area contributed by atoms with Gasteiger partial charge < -0.3 is 5.11 Å². The molecule has 0 spiro atoms. The van der Waals surface area contributed by atoms with E-state index in [9.17, 15) is 5.11 Å². The Labute approximate surface area is 106 Å². The van der Waals surface area contributed by atoms with Crippen LogP contribution in [-0.4, -0.2) is 10.7 Å². The van der Waals surface area contributed by atoms with Crippen LogP contribution < -0.4 is 0 Å². The molecular formula is C16H26O. The highest BCUT2D eigenvalue weighted by Gasteiger charge is 2.45. The zero-order chi connectivity index (χ0) is 12.8. The quantitative estimate of drug-likeness (QED) is 0.678. The molecular weight excluding hydrogens is 208 g/mol. The van der Waals surface area contributed by atoms with Crippen molar-refractivity contribution in [3.63, 3.8) is 0 Å². The third-order valence-electron chi connectivity index (χ3n) is 4.92. The van der Waals surface area contributed by atoms with Gasteiger partial charge in [0.05, 0.1) is 5.60 Å². The van der Waals surface area contributed by atoms with Gasteiger partial charge in [-0.15, -0.1) is 0 Å². The van der Waals surface area contributed by atoms with Gasteiger partial charge in [0, 0.05) is 0 Å². The first-order valence-electron chi connectivity index (χ1n) is 6.91. The molecule has 4 atom stereocenters. The van der Waals surface area contributed by atoms with Crippen LogP contribution >= 0.6 is 0 Å². The van der Waals surface area contributed by atoms with Crippen molar-refractivity contribution in [2.24, 2.45) is 17.8 Å². The minimum Gasteiger partial charge on any atom is -0.386 e. The van der Waals surface area contributed by atoms with Crippen molar-refractivity contribution in [1.29, 1.82) is 0 Å². The molecule has 1 unspecified atom stereocenters. The number of hydrogen-bond donors (Lipinski definition) is 1. The molecule has 1 N–H and O–H groups in total. The summed E-state index contributed by atoms with van der Waals surface area (Å²) in [6, 6.07) is 0. The lowest BCUT2D eigenvalue weighted by Crippen LogP contribution is -2.24. The molecule has 0 aliphatic heterocycles. The first-order chi connectivity index (χ1) is 7.83. The van der Waals surface area contributed by atoms with E-state index in [1.54, 1.807) is 0 Å². The number of hydrogen-bond acceptors (Lipinski definition) is 1. The fraction of sp³-hybridized carbons (Fsp3) is 0.750. The lowest BCUT2D eigenvalue weighted by Gasteiger charge is -2.24. The molecule has 0 bridgehead atoms. The average Bonchev–Trinajstić information content (AvgIpc) is 2.34. The first-order valence-corrected chi connectivity index (χ1v) is 6.91. The van der Waals surface area contributed by atoms with Gasteiger partial charge in [0.15, 0.2) is 0 Å². The van der Waals surface area contributed by atoms with Gasteiger partial charge in [0.1, 0.15) is 0 Å². The zero-order valence-corrected chi connectivity index (χ0v) is 11.7. The summed E-state index contributed by atoms with van der Waals surface area (Å²) in [6.07, 6.45) is 4.46. The number of fused-ring (bicyclic) bond motifs is 1. The lowest BCUT2D eigenvalue weighted by atomic mass is 9.83. The van der Waals surface area contributed by atoms with Gasteiger partial charge in [0.2, 0.25) is 0 Å². The van der Waals surface area contributed by atoms with Crippen LogP contribution in [0.4, 0.5) is 0 Å². The summed E-state index contributed by atoms with van der Waals surface area (Å²) in [7, 11) is 0. The van der Waals surface area contributed by atoms with Gasteiger partial charge in [-0.25, -0.2) is 0 Å². The Morgan fingerprint density at radius 1 is 1.47 bits per heavy atom. The Hall–Kier alpha value is -0.560. The highest BCUT2D eigenvalue weighted by molar-refractivity contribution is 5.31. The summed E-state index contributed by atoms with van der Waals surface area (Å²) in [5.41, 5.74) is 3.55. The fourth-order valence-electron chi connectivity index (χ4n) is 4.09. The second kappa shape index (κ2) is 4.28. The number of rotatable bonds is 1. The molecule has 1 fully saturated rings. The monoisotopic (exact) mass is 234 g/mol. The highest BCUT2D eigenvalue weighted by Crippen LogP contribution is 2.51. The molecule has 0 radical (unpaired) electrons. The Kier molecular flexibility index (Phi) is 3.24. The molecule has 96 valence electrons. The van der Waals surface area contributed by atoms with Gasteiger partial charge in [-0.3, -0.25) is 0 Å². The smallest absolute Gasteiger partial charge is 0.0836 e. The van der Waals surface area contributed by atoms with Crippen LogP contribution in [0.3, 0.4) is 0 Å². The second-order valence-electron chi connectivity index (χ2n) is 6.57. The van der Waals surface area contributed by atoms with Crippen molar-refractivity contribution in [3.05, 3.63) is 23.3 Å². The average molecular weight is 234 g/mol. The van der Waals surface area contributed by atoms with E-state index >= 15 is 0 Å². The maximum absolute atomic E-state index is 10.6. The molecule has 0 aromatic carbocycles. The van der Waals surface area contributed by atoms with E-state index in [0.717, 1.165) is 12.8 Å².